The Hall–Kier alpha value is -3.45. The highest BCUT2D eigenvalue weighted by molar-refractivity contribution is 5.94. The van der Waals surface area contributed by atoms with E-state index >= 15 is 0 Å². The molecule has 1 aliphatic carbocycles. The maximum absolute atomic E-state index is 13.4. The van der Waals surface area contributed by atoms with Gasteiger partial charge < -0.3 is 15.5 Å². The van der Waals surface area contributed by atoms with Crippen molar-refractivity contribution in [2.45, 2.75) is 45.4 Å². The lowest BCUT2D eigenvalue weighted by Crippen LogP contribution is -2.39. The van der Waals surface area contributed by atoms with Crippen LogP contribution in [0, 0.1) is 0 Å². The van der Waals surface area contributed by atoms with E-state index in [0.29, 0.717) is 18.8 Å². The van der Waals surface area contributed by atoms with E-state index in [1.54, 1.807) is 24.9 Å². The van der Waals surface area contributed by atoms with E-state index in [9.17, 15) is 14.4 Å². The first-order chi connectivity index (χ1) is 15.5. The molecule has 0 spiro atoms. The topological polar surface area (TPSA) is 83.4 Å². The van der Waals surface area contributed by atoms with Crippen molar-refractivity contribution in [2.75, 3.05) is 12.4 Å². The van der Waals surface area contributed by atoms with Crippen molar-refractivity contribution < 1.29 is 9.59 Å². The predicted molar refractivity (Wildman–Crippen MR) is 125 cm³/mol. The van der Waals surface area contributed by atoms with Gasteiger partial charge in [0.1, 0.15) is 12.2 Å². The van der Waals surface area contributed by atoms with Crippen LogP contribution in [-0.4, -0.2) is 34.4 Å². The number of aromatic nitrogens is 1. The van der Waals surface area contributed by atoms with Crippen LogP contribution in [0.15, 0.2) is 59.4 Å². The largest absolute Gasteiger partial charge is 0.332 e. The fourth-order valence-electron chi connectivity index (χ4n) is 4.04. The summed E-state index contributed by atoms with van der Waals surface area (Å²) in [6.45, 7) is 2.73. The average molecular weight is 433 g/mol. The first kappa shape index (κ1) is 21.8. The number of amides is 2. The number of rotatable bonds is 6. The molecule has 0 radical (unpaired) electrons. The van der Waals surface area contributed by atoms with Gasteiger partial charge in [0, 0.05) is 18.8 Å². The SMILES string of the molecule is CN[C@@H](C)C(=O)Nc1ccc(C2=CC=CCC2)n(CC(=O)N2Cc3ccccc3C2)c1=O. The van der Waals surface area contributed by atoms with Gasteiger partial charge in [0.25, 0.3) is 5.56 Å². The summed E-state index contributed by atoms with van der Waals surface area (Å²) < 4.78 is 1.50. The summed E-state index contributed by atoms with van der Waals surface area (Å²) >= 11 is 0. The van der Waals surface area contributed by atoms with Gasteiger partial charge in [-0.3, -0.25) is 19.0 Å². The molecule has 0 saturated heterocycles. The first-order valence-corrected chi connectivity index (χ1v) is 10.9. The van der Waals surface area contributed by atoms with E-state index in [0.717, 1.165) is 29.5 Å². The van der Waals surface area contributed by atoms with Crippen molar-refractivity contribution in [2.24, 2.45) is 0 Å². The quantitative estimate of drug-likeness (QED) is 0.735. The van der Waals surface area contributed by atoms with E-state index < -0.39 is 6.04 Å². The van der Waals surface area contributed by atoms with Crippen LogP contribution < -0.4 is 16.2 Å². The normalized spacial score (nSPS) is 15.8. The third-order valence-electron chi connectivity index (χ3n) is 6.09. The Morgan fingerprint density at radius 2 is 1.81 bits per heavy atom. The molecule has 32 heavy (non-hydrogen) atoms. The maximum atomic E-state index is 13.4. The summed E-state index contributed by atoms with van der Waals surface area (Å²) in [7, 11) is 1.68. The number of nitrogens with zero attached hydrogens (tertiary/aromatic N) is 2. The summed E-state index contributed by atoms with van der Waals surface area (Å²) in [6, 6.07) is 11.0. The molecule has 2 aromatic rings. The summed E-state index contributed by atoms with van der Waals surface area (Å²) in [5.74, 6) is -0.423. The van der Waals surface area contributed by atoms with Crippen LogP contribution in [0.4, 0.5) is 5.69 Å². The Morgan fingerprint density at radius 1 is 1.09 bits per heavy atom. The number of pyridine rings is 1. The fraction of sp³-hybridized carbons (Fsp3) is 0.320. The van der Waals surface area contributed by atoms with Crippen LogP contribution >= 0.6 is 0 Å². The number of anilines is 1. The molecule has 2 amide bonds. The summed E-state index contributed by atoms with van der Waals surface area (Å²) in [4.78, 5) is 40.7. The van der Waals surface area contributed by atoms with Crippen LogP contribution in [0.2, 0.25) is 0 Å². The third kappa shape index (κ3) is 4.43. The monoisotopic (exact) mass is 432 g/mol. The Balaban J connectivity index is 1.65. The molecule has 166 valence electrons. The molecule has 0 bridgehead atoms. The molecule has 1 aromatic heterocycles. The van der Waals surface area contributed by atoms with Crippen molar-refractivity contribution in [3.63, 3.8) is 0 Å². The molecule has 2 N–H and O–H groups in total. The lowest BCUT2D eigenvalue weighted by Gasteiger charge is -2.21. The Bertz CT molecular complexity index is 1140. The zero-order valence-corrected chi connectivity index (χ0v) is 18.4. The van der Waals surface area contributed by atoms with Crippen molar-refractivity contribution in [1.82, 2.24) is 14.8 Å². The van der Waals surface area contributed by atoms with E-state index in [1.165, 1.54) is 4.57 Å². The van der Waals surface area contributed by atoms with Gasteiger partial charge in [-0.1, -0.05) is 42.5 Å². The van der Waals surface area contributed by atoms with E-state index in [2.05, 4.69) is 16.7 Å². The van der Waals surface area contributed by atoms with E-state index in [-0.39, 0.29) is 29.6 Å². The van der Waals surface area contributed by atoms with Crippen molar-refractivity contribution in [1.29, 1.82) is 0 Å². The second-order valence-electron chi connectivity index (χ2n) is 8.20. The maximum Gasteiger partial charge on any atom is 0.275 e. The summed E-state index contributed by atoms with van der Waals surface area (Å²) in [5, 5.41) is 5.56. The molecule has 2 heterocycles. The smallest absolute Gasteiger partial charge is 0.275 e. The van der Waals surface area contributed by atoms with Crippen LogP contribution in [0.25, 0.3) is 5.57 Å². The fourth-order valence-corrected chi connectivity index (χ4v) is 4.04. The van der Waals surface area contributed by atoms with Crippen LogP contribution in [0.3, 0.4) is 0 Å². The predicted octanol–water partition coefficient (Wildman–Crippen LogP) is 2.67. The number of nitrogens with one attached hydrogen (secondary N) is 2. The minimum absolute atomic E-state index is 0.0749. The molecule has 1 atom stereocenters. The highest BCUT2D eigenvalue weighted by Gasteiger charge is 2.25. The van der Waals surface area contributed by atoms with Crippen molar-refractivity contribution in [3.8, 4) is 0 Å². The van der Waals surface area contributed by atoms with Gasteiger partial charge in [0.2, 0.25) is 11.8 Å². The first-order valence-electron chi connectivity index (χ1n) is 10.9. The lowest BCUT2D eigenvalue weighted by atomic mass is 10.0. The van der Waals surface area contributed by atoms with Gasteiger partial charge >= 0.3 is 0 Å². The standard InChI is InChI=1S/C25H28N4O3/c1-17(26-2)24(31)27-21-12-13-22(18-8-4-3-5-9-18)29(25(21)32)16-23(30)28-14-19-10-6-7-11-20(19)15-28/h3-4,6-8,10-13,17,26H,5,9,14-16H2,1-2H3,(H,27,31)/t17-/m0/s1. The van der Waals surface area contributed by atoms with Crippen molar-refractivity contribution >= 4 is 23.1 Å². The minimum atomic E-state index is -0.446. The molecule has 2 aliphatic rings. The van der Waals surface area contributed by atoms with Gasteiger partial charge in [-0.15, -0.1) is 0 Å². The van der Waals surface area contributed by atoms with E-state index in [1.807, 2.05) is 42.5 Å². The van der Waals surface area contributed by atoms with Gasteiger partial charge in [-0.05, 0) is 55.6 Å². The van der Waals surface area contributed by atoms with Crippen LogP contribution in [0.5, 0.6) is 0 Å². The second kappa shape index (κ2) is 9.36. The molecule has 4 rings (SSSR count). The molecular weight excluding hydrogens is 404 g/mol. The number of allylic oxidation sites excluding steroid dienone is 4. The molecule has 1 aliphatic heterocycles. The molecule has 7 heteroatoms. The molecule has 0 saturated carbocycles. The Morgan fingerprint density at radius 3 is 2.44 bits per heavy atom. The number of hydrogen-bond acceptors (Lipinski definition) is 4. The molecule has 0 unspecified atom stereocenters. The summed E-state index contributed by atoms with van der Waals surface area (Å²) in [5.41, 5.74) is 3.78. The zero-order valence-electron chi connectivity index (χ0n) is 18.4. The highest BCUT2D eigenvalue weighted by Crippen LogP contribution is 2.25. The summed E-state index contributed by atoms with van der Waals surface area (Å²) in [6.07, 6.45) is 7.70. The second-order valence-corrected chi connectivity index (χ2v) is 8.20. The number of fused-ring (bicyclic) bond motifs is 1. The van der Waals surface area contributed by atoms with Gasteiger partial charge in [-0.2, -0.15) is 0 Å². The number of likely N-dealkylation sites (N-methyl/N-ethyl adjacent to an activating group) is 1. The number of carbonyl (C=O) groups is 2. The van der Waals surface area contributed by atoms with Gasteiger partial charge in [0.15, 0.2) is 0 Å². The molecule has 1 aromatic carbocycles. The minimum Gasteiger partial charge on any atom is -0.332 e. The highest BCUT2D eigenvalue weighted by atomic mass is 16.2. The van der Waals surface area contributed by atoms with Gasteiger partial charge in [0.05, 0.1) is 6.04 Å². The van der Waals surface area contributed by atoms with Crippen LogP contribution in [0.1, 0.15) is 36.6 Å². The Kier molecular flexibility index (Phi) is 6.37. The van der Waals surface area contributed by atoms with Crippen molar-refractivity contribution in [3.05, 3.63) is 81.8 Å². The lowest BCUT2D eigenvalue weighted by molar-refractivity contribution is -0.132. The molecule has 7 nitrogen and oxygen atoms in total. The van der Waals surface area contributed by atoms with Crippen LogP contribution in [-0.2, 0) is 29.2 Å². The molecule has 0 fully saturated rings. The average Bonchev–Trinajstić information content (AvgIpc) is 3.26. The number of carbonyl (C=O) groups excluding carboxylic acids is 2. The molecular formula is C25H28N4O3. The Labute approximate surface area is 187 Å². The number of hydrogen-bond donors (Lipinski definition) is 2. The zero-order chi connectivity index (χ0) is 22.7. The number of benzene rings is 1. The third-order valence-corrected chi connectivity index (χ3v) is 6.09. The van der Waals surface area contributed by atoms with E-state index in [4.69, 9.17) is 0 Å². The van der Waals surface area contributed by atoms with Gasteiger partial charge in [-0.25, -0.2) is 0 Å².